The van der Waals surface area contributed by atoms with Gasteiger partial charge in [-0.15, -0.1) is 0 Å². The van der Waals surface area contributed by atoms with Gasteiger partial charge in [-0.25, -0.2) is 0 Å². The van der Waals surface area contributed by atoms with Gasteiger partial charge >= 0.3 is 0 Å². The van der Waals surface area contributed by atoms with Gasteiger partial charge < -0.3 is 15.5 Å². The lowest BCUT2D eigenvalue weighted by atomic mass is 10.0. The Kier molecular flexibility index (Phi) is 47.3. The molecule has 0 saturated heterocycles. The number of carbonyl (C=O) groups excluding carboxylic acids is 1. The summed E-state index contributed by atoms with van der Waals surface area (Å²) in [5, 5.41) is 23.1. The van der Waals surface area contributed by atoms with E-state index >= 15 is 0 Å². The number of amides is 1. The van der Waals surface area contributed by atoms with Crippen molar-refractivity contribution in [1.82, 2.24) is 5.32 Å². The summed E-state index contributed by atoms with van der Waals surface area (Å²) in [7, 11) is 0. The van der Waals surface area contributed by atoms with Crippen LogP contribution in [0.3, 0.4) is 0 Å². The van der Waals surface area contributed by atoms with Crippen LogP contribution in [0.15, 0.2) is 24.3 Å². The summed E-state index contributed by atoms with van der Waals surface area (Å²) in [6.45, 7) is 4.33. The van der Waals surface area contributed by atoms with E-state index in [9.17, 15) is 15.0 Å². The average molecular weight is 788 g/mol. The normalized spacial score (nSPS) is 13.0. The number of aliphatic hydroxyl groups excluding tert-OH is 2. The van der Waals surface area contributed by atoms with E-state index in [4.69, 9.17) is 0 Å². The second-order valence-electron chi connectivity index (χ2n) is 17.6. The predicted octanol–water partition coefficient (Wildman–Crippen LogP) is 16.4. The maximum absolute atomic E-state index is 12.4. The standard InChI is InChI=1S/C52H101NO3/c1-3-5-7-9-11-13-15-17-19-21-23-24-25-26-27-28-30-31-33-35-37-39-41-43-45-47-51(55)50(49-54)53-52(56)48-46-44-42-40-38-36-34-32-29-22-20-18-16-14-12-10-8-6-4-2/h22,29,45,47,50-51,54-55H,3-21,23-28,30-44,46,48-49H2,1-2H3,(H,53,56)/b29-22-,47-45+. The highest BCUT2D eigenvalue weighted by atomic mass is 16.3. The van der Waals surface area contributed by atoms with E-state index in [1.54, 1.807) is 6.08 Å². The fourth-order valence-corrected chi connectivity index (χ4v) is 8.00. The van der Waals surface area contributed by atoms with E-state index in [0.717, 1.165) is 25.7 Å². The molecule has 0 saturated carbocycles. The third kappa shape index (κ3) is 44.0. The molecular weight excluding hydrogens is 687 g/mol. The van der Waals surface area contributed by atoms with Gasteiger partial charge in [-0.1, -0.05) is 256 Å². The van der Waals surface area contributed by atoms with Crippen molar-refractivity contribution < 1.29 is 15.0 Å². The molecule has 0 aliphatic carbocycles. The van der Waals surface area contributed by atoms with E-state index in [-0.39, 0.29) is 12.5 Å². The number of allylic oxidation sites excluding steroid dienone is 3. The maximum Gasteiger partial charge on any atom is 0.220 e. The van der Waals surface area contributed by atoms with Gasteiger partial charge in [0.25, 0.3) is 0 Å². The Hall–Kier alpha value is -1.13. The van der Waals surface area contributed by atoms with Crippen molar-refractivity contribution in [2.45, 2.75) is 296 Å². The molecule has 3 N–H and O–H groups in total. The van der Waals surface area contributed by atoms with Crippen LogP contribution in [-0.4, -0.2) is 34.9 Å². The molecule has 0 heterocycles. The van der Waals surface area contributed by atoms with Crippen LogP contribution in [0.5, 0.6) is 0 Å². The topological polar surface area (TPSA) is 69.6 Å². The summed E-state index contributed by atoms with van der Waals surface area (Å²) in [6, 6.07) is -0.623. The molecule has 0 rings (SSSR count). The van der Waals surface area contributed by atoms with Crippen molar-refractivity contribution in [2.24, 2.45) is 0 Å². The van der Waals surface area contributed by atoms with Gasteiger partial charge in [-0.3, -0.25) is 4.79 Å². The Balaban J connectivity index is 3.50. The SMILES string of the molecule is CCCCCCCCCC/C=C\CCCCCCCCCC(=O)NC(CO)C(O)/C=C/CCCCCCCCCCCCCCCCCCCCCCCCC. The van der Waals surface area contributed by atoms with E-state index in [1.165, 1.54) is 238 Å². The number of hydrogen-bond acceptors (Lipinski definition) is 3. The summed E-state index contributed by atoms with van der Waals surface area (Å²) >= 11 is 0. The van der Waals surface area contributed by atoms with Crippen molar-refractivity contribution in [2.75, 3.05) is 6.61 Å². The van der Waals surface area contributed by atoms with Crippen LogP contribution in [-0.2, 0) is 4.79 Å². The minimum absolute atomic E-state index is 0.0647. The number of hydrogen-bond donors (Lipinski definition) is 3. The van der Waals surface area contributed by atoms with Gasteiger partial charge in [0, 0.05) is 6.42 Å². The summed E-state index contributed by atoms with van der Waals surface area (Å²) in [5.74, 6) is -0.0647. The van der Waals surface area contributed by atoms with Gasteiger partial charge in [0.05, 0.1) is 18.8 Å². The molecule has 4 heteroatoms. The number of carbonyl (C=O) groups is 1. The highest BCUT2D eigenvalue weighted by molar-refractivity contribution is 5.76. The van der Waals surface area contributed by atoms with Gasteiger partial charge in [0.15, 0.2) is 0 Å². The van der Waals surface area contributed by atoms with Gasteiger partial charge in [0.1, 0.15) is 0 Å². The molecule has 0 aromatic heterocycles. The molecule has 0 aromatic carbocycles. The molecule has 4 nitrogen and oxygen atoms in total. The van der Waals surface area contributed by atoms with Crippen molar-refractivity contribution in [3.8, 4) is 0 Å². The largest absolute Gasteiger partial charge is 0.394 e. The summed E-state index contributed by atoms with van der Waals surface area (Å²) in [4.78, 5) is 12.4. The smallest absolute Gasteiger partial charge is 0.220 e. The molecule has 1 amide bonds. The van der Waals surface area contributed by atoms with Crippen LogP contribution < -0.4 is 5.32 Å². The van der Waals surface area contributed by atoms with Crippen LogP contribution in [0.4, 0.5) is 0 Å². The quantitative estimate of drug-likeness (QED) is 0.0425. The lowest BCUT2D eigenvalue weighted by Gasteiger charge is -2.20. The molecule has 0 bridgehead atoms. The van der Waals surface area contributed by atoms with Crippen LogP contribution >= 0.6 is 0 Å². The first kappa shape index (κ1) is 54.9. The number of nitrogens with one attached hydrogen (secondary N) is 1. The Morgan fingerprint density at radius 3 is 0.982 bits per heavy atom. The highest BCUT2D eigenvalue weighted by Crippen LogP contribution is 2.17. The zero-order valence-corrected chi connectivity index (χ0v) is 38.2. The van der Waals surface area contributed by atoms with Crippen molar-refractivity contribution in [3.63, 3.8) is 0 Å². The van der Waals surface area contributed by atoms with E-state index in [1.807, 2.05) is 6.08 Å². The van der Waals surface area contributed by atoms with Crippen LogP contribution in [0.25, 0.3) is 0 Å². The van der Waals surface area contributed by atoms with Crippen LogP contribution in [0.1, 0.15) is 284 Å². The molecule has 0 aromatic rings. The van der Waals surface area contributed by atoms with E-state index in [2.05, 4.69) is 31.3 Å². The first-order valence-corrected chi connectivity index (χ1v) is 25.6. The predicted molar refractivity (Wildman–Crippen MR) is 249 cm³/mol. The van der Waals surface area contributed by atoms with Crippen LogP contribution in [0.2, 0.25) is 0 Å². The minimum atomic E-state index is -0.839. The molecule has 0 spiro atoms. The Morgan fingerprint density at radius 1 is 0.411 bits per heavy atom. The monoisotopic (exact) mass is 788 g/mol. The first-order valence-electron chi connectivity index (χ1n) is 25.6. The number of unbranched alkanes of at least 4 members (excludes halogenated alkanes) is 38. The fraction of sp³-hybridized carbons (Fsp3) is 0.904. The number of rotatable bonds is 47. The molecular formula is C52H101NO3. The third-order valence-corrected chi connectivity index (χ3v) is 11.9. The Bertz CT molecular complexity index is 810. The molecule has 0 fully saturated rings. The van der Waals surface area contributed by atoms with Crippen molar-refractivity contribution >= 4 is 5.91 Å². The summed E-state index contributed by atoms with van der Waals surface area (Å²) in [6.07, 6.45) is 63.1. The molecule has 2 unspecified atom stereocenters. The zero-order valence-electron chi connectivity index (χ0n) is 38.2. The van der Waals surface area contributed by atoms with Gasteiger partial charge in [0.2, 0.25) is 5.91 Å². The van der Waals surface area contributed by atoms with Crippen LogP contribution in [0, 0.1) is 0 Å². The van der Waals surface area contributed by atoms with E-state index in [0.29, 0.717) is 6.42 Å². The van der Waals surface area contributed by atoms with Gasteiger partial charge in [-0.05, 0) is 44.9 Å². The highest BCUT2D eigenvalue weighted by Gasteiger charge is 2.18. The first-order chi connectivity index (χ1) is 27.7. The second-order valence-corrected chi connectivity index (χ2v) is 17.6. The maximum atomic E-state index is 12.4. The minimum Gasteiger partial charge on any atom is -0.394 e. The van der Waals surface area contributed by atoms with Gasteiger partial charge in [-0.2, -0.15) is 0 Å². The molecule has 0 radical (unpaired) electrons. The summed E-state index contributed by atoms with van der Waals surface area (Å²) < 4.78 is 0. The molecule has 0 aliphatic heterocycles. The zero-order chi connectivity index (χ0) is 40.7. The van der Waals surface area contributed by atoms with Crippen molar-refractivity contribution in [3.05, 3.63) is 24.3 Å². The average Bonchev–Trinajstić information content (AvgIpc) is 3.20. The Morgan fingerprint density at radius 2 is 0.679 bits per heavy atom. The lowest BCUT2D eigenvalue weighted by Crippen LogP contribution is -2.45. The number of aliphatic hydroxyl groups is 2. The lowest BCUT2D eigenvalue weighted by molar-refractivity contribution is -0.123. The fourth-order valence-electron chi connectivity index (χ4n) is 8.00. The molecule has 0 aliphatic rings. The van der Waals surface area contributed by atoms with E-state index < -0.39 is 12.1 Å². The third-order valence-electron chi connectivity index (χ3n) is 11.9. The Labute approximate surface area is 351 Å². The summed E-state index contributed by atoms with van der Waals surface area (Å²) in [5.41, 5.74) is 0. The molecule has 56 heavy (non-hydrogen) atoms. The second kappa shape index (κ2) is 48.2. The van der Waals surface area contributed by atoms with Crippen molar-refractivity contribution in [1.29, 1.82) is 0 Å². The molecule has 332 valence electrons. The molecule has 2 atom stereocenters.